The molecule has 0 saturated heterocycles. The van der Waals surface area contributed by atoms with Crippen LogP contribution in [0.1, 0.15) is 32.4 Å². The Morgan fingerprint density at radius 2 is 2.06 bits per heavy atom. The first kappa shape index (κ1) is 14.0. The minimum absolute atomic E-state index is 0.260. The van der Waals surface area contributed by atoms with Crippen LogP contribution in [0, 0.1) is 9.68 Å². The highest BCUT2D eigenvalue weighted by Gasteiger charge is 2.14. The fraction of sp³-hybridized carbons (Fsp3) is 0.667. The number of aliphatic hydroxyl groups excluding tert-OH is 1. The van der Waals surface area contributed by atoms with Gasteiger partial charge in [0, 0.05) is 6.54 Å². The van der Waals surface area contributed by atoms with Crippen LogP contribution in [-0.4, -0.2) is 17.8 Å². The molecule has 0 aliphatic carbocycles. The Balaban J connectivity index is 2.24. The van der Waals surface area contributed by atoms with E-state index in [-0.39, 0.29) is 6.10 Å². The second-order valence-electron chi connectivity index (χ2n) is 3.98. The van der Waals surface area contributed by atoms with E-state index in [9.17, 15) is 5.11 Å². The molecular formula is C12H20INO2. The van der Waals surface area contributed by atoms with Crippen LogP contribution in [0.2, 0.25) is 0 Å². The number of rotatable bonds is 7. The van der Waals surface area contributed by atoms with Crippen molar-refractivity contribution >= 4 is 22.6 Å². The molecule has 1 aromatic heterocycles. The second-order valence-corrected chi connectivity index (χ2v) is 5.04. The van der Waals surface area contributed by atoms with Gasteiger partial charge in [-0.1, -0.05) is 26.7 Å². The van der Waals surface area contributed by atoms with Crippen molar-refractivity contribution in [3.05, 3.63) is 21.7 Å². The van der Waals surface area contributed by atoms with E-state index >= 15 is 0 Å². The summed E-state index contributed by atoms with van der Waals surface area (Å²) in [6.45, 7) is 5.54. The smallest absolute Gasteiger partial charge is 0.164 e. The number of furan rings is 1. The normalized spacial score (nSPS) is 13.3. The summed E-state index contributed by atoms with van der Waals surface area (Å²) in [6, 6.07) is 3.90. The van der Waals surface area contributed by atoms with Gasteiger partial charge < -0.3 is 14.8 Å². The van der Waals surface area contributed by atoms with E-state index in [0.29, 0.717) is 19.0 Å². The summed E-state index contributed by atoms with van der Waals surface area (Å²) in [6.07, 6.45) is 1.79. The monoisotopic (exact) mass is 337 g/mol. The molecule has 1 atom stereocenters. The Morgan fingerprint density at radius 1 is 1.38 bits per heavy atom. The lowest BCUT2D eigenvalue weighted by Crippen LogP contribution is -2.32. The van der Waals surface area contributed by atoms with Gasteiger partial charge in [0.1, 0.15) is 5.76 Å². The quantitative estimate of drug-likeness (QED) is 0.752. The van der Waals surface area contributed by atoms with Crippen molar-refractivity contribution < 1.29 is 9.52 Å². The molecule has 1 heterocycles. The Hall–Kier alpha value is -0.0700. The summed E-state index contributed by atoms with van der Waals surface area (Å²) in [4.78, 5) is 0. The van der Waals surface area contributed by atoms with E-state index in [1.165, 1.54) is 0 Å². The maximum absolute atomic E-state index is 9.90. The topological polar surface area (TPSA) is 45.4 Å². The van der Waals surface area contributed by atoms with E-state index in [2.05, 4.69) is 41.8 Å². The van der Waals surface area contributed by atoms with Gasteiger partial charge in [0.15, 0.2) is 3.77 Å². The lowest BCUT2D eigenvalue weighted by Gasteiger charge is -2.20. The third kappa shape index (κ3) is 4.43. The van der Waals surface area contributed by atoms with Crippen molar-refractivity contribution in [1.82, 2.24) is 5.32 Å². The van der Waals surface area contributed by atoms with Crippen LogP contribution in [-0.2, 0) is 6.54 Å². The van der Waals surface area contributed by atoms with Crippen LogP contribution in [0.25, 0.3) is 0 Å². The molecule has 1 aromatic rings. The average Bonchev–Trinajstić information content (AvgIpc) is 2.66. The third-order valence-corrected chi connectivity index (χ3v) is 3.45. The summed E-state index contributed by atoms with van der Waals surface area (Å²) in [7, 11) is 0. The molecule has 1 rings (SSSR count). The fourth-order valence-corrected chi connectivity index (χ4v) is 2.25. The molecule has 0 fully saturated rings. The largest absolute Gasteiger partial charge is 0.454 e. The van der Waals surface area contributed by atoms with Gasteiger partial charge in [0.05, 0.1) is 12.6 Å². The van der Waals surface area contributed by atoms with E-state index in [0.717, 1.165) is 22.4 Å². The Morgan fingerprint density at radius 3 is 2.56 bits per heavy atom. The molecule has 0 amide bonds. The average molecular weight is 337 g/mol. The number of halogens is 1. The number of hydrogen-bond acceptors (Lipinski definition) is 3. The highest BCUT2D eigenvalue weighted by Crippen LogP contribution is 2.13. The third-order valence-electron chi connectivity index (χ3n) is 2.87. The van der Waals surface area contributed by atoms with Crippen molar-refractivity contribution in [2.45, 2.75) is 39.3 Å². The molecule has 0 bridgehead atoms. The van der Waals surface area contributed by atoms with E-state index in [1.54, 1.807) is 0 Å². The first-order chi connectivity index (χ1) is 7.67. The lowest BCUT2D eigenvalue weighted by atomic mass is 9.96. The van der Waals surface area contributed by atoms with Crippen LogP contribution < -0.4 is 5.32 Å². The van der Waals surface area contributed by atoms with Gasteiger partial charge in [-0.05, 0) is 40.6 Å². The highest BCUT2D eigenvalue weighted by atomic mass is 127. The minimum atomic E-state index is -0.260. The molecule has 92 valence electrons. The first-order valence-corrected chi connectivity index (χ1v) is 6.88. The maximum atomic E-state index is 9.90. The SMILES string of the molecule is CCC(CC)C(O)CNCc1ccc(I)o1. The van der Waals surface area contributed by atoms with Crippen LogP contribution in [0.5, 0.6) is 0 Å². The zero-order chi connectivity index (χ0) is 12.0. The van der Waals surface area contributed by atoms with Crippen LogP contribution in [0.3, 0.4) is 0 Å². The fourth-order valence-electron chi connectivity index (χ4n) is 1.79. The standard InChI is InChI=1S/C12H20INO2/c1-3-9(4-2)11(15)8-14-7-10-5-6-12(13)16-10/h5-6,9,11,14-15H,3-4,7-8H2,1-2H3. The summed E-state index contributed by atoms with van der Waals surface area (Å²) in [5.74, 6) is 1.31. The summed E-state index contributed by atoms with van der Waals surface area (Å²) in [5, 5.41) is 13.1. The molecular weight excluding hydrogens is 317 g/mol. The molecule has 1 unspecified atom stereocenters. The van der Waals surface area contributed by atoms with Gasteiger partial charge >= 0.3 is 0 Å². The second kappa shape index (κ2) is 7.29. The summed E-state index contributed by atoms with van der Waals surface area (Å²) in [5.41, 5.74) is 0. The molecule has 2 N–H and O–H groups in total. The zero-order valence-corrected chi connectivity index (χ0v) is 12.0. The Labute approximate surface area is 111 Å². The Bertz CT molecular complexity index is 297. The van der Waals surface area contributed by atoms with E-state index in [1.807, 2.05) is 12.1 Å². The van der Waals surface area contributed by atoms with Crippen molar-refractivity contribution in [2.24, 2.45) is 5.92 Å². The van der Waals surface area contributed by atoms with Gasteiger partial charge in [0.25, 0.3) is 0 Å². The lowest BCUT2D eigenvalue weighted by molar-refractivity contribution is 0.101. The first-order valence-electron chi connectivity index (χ1n) is 5.80. The molecule has 3 nitrogen and oxygen atoms in total. The predicted octanol–water partition coefficient (Wildman–Crippen LogP) is 2.77. The molecule has 0 aromatic carbocycles. The van der Waals surface area contributed by atoms with Gasteiger partial charge in [-0.2, -0.15) is 0 Å². The molecule has 0 aliphatic rings. The van der Waals surface area contributed by atoms with E-state index in [4.69, 9.17) is 4.42 Å². The maximum Gasteiger partial charge on any atom is 0.164 e. The van der Waals surface area contributed by atoms with Crippen LogP contribution >= 0.6 is 22.6 Å². The van der Waals surface area contributed by atoms with E-state index < -0.39 is 0 Å². The zero-order valence-electron chi connectivity index (χ0n) is 9.87. The molecule has 16 heavy (non-hydrogen) atoms. The van der Waals surface area contributed by atoms with Gasteiger partial charge in [0.2, 0.25) is 0 Å². The molecule has 0 saturated carbocycles. The van der Waals surface area contributed by atoms with Gasteiger partial charge in [-0.15, -0.1) is 0 Å². The minimum Gasteiger partial charge on any atom is -0.454 e. The van der Waals surface area contributed by atoms with Gasteiger partial charge in [-0.3, -0.25) is 0 Å². The number of hydrogen-bond donors (Lipinski definition) is 2. The van der Waals surface area contributed by atoms with Crippen LogP contribution in [0.15, 0.2) is 16.5 Å². The molecule has 0 radical (unpaired) electrons. The molecule has 4 heteroatoms. The number of aliphatic hydroxyl groups is 1. The predicted molar refractivity (Wildman–Crippen MR) is 73.2 cm³/mol. The number of nitrogens with one attached hydrogen (secondary N) is 1. The molecule has 0 aliphatic heterocycles. The van der Waals surface area contributed by atoms with Crippen molar-refractivity contribution in [1.29, 1.82) is 0 Å². The van der Waals surface area contributed by atoms with Crippen molar-refractivity contribution in [3.63, 3.8) is 0 Å². The Kier molecular flexibility index (Phi) is 6.38. The van der Waals surface area contributed by atoms with Gasteiger partial charge in [-0.25, -0.2) is 0 Å². The molecule has 0 spiro atoms. The van der Waals surface area contributed by atoms with Crippen LogP contribution in [0.4, 0.5) is 0 Å². The summed E-state index contributed by atoms with van der Waals surface area (Å²) < 4.78 is 6.32. The van der Waals surface area contributed by atoms with Crippen molar-refractivity contribution in [3.8, 4) is 0 Å². The summed E-state index contributed by atoms with van der Waals surface area (Å²) >= 11 is 2.14. The highest BCUT2D eigenvalue weighted by molar-refractivity contribution is 14.1. The van der Waals surface area contributed by atoms with Crippen molar-refractivity contribution in [2.75, 3.05) is 6.54 Å².